The Morgan fingerprint density at radius 1 is 0.952 bits per heavy atom. The molecule has 1 N–H and O–H groups in total. The molecule has 0 aromatic rings. The summed E-state index contributed by atoms with van der Waals surface area (Å²) in [6, 6.07) is 0.754. The largest absolute Gasteiger partial charge is 0.316 e. The molecule has 3 atom stereocenters. The molecule has 0 saturated heterocycles. The summed E-state index contributed by atoms with van der Waals surface area (Å²) in [5, 5.41) is 3.79. The van der Waals surface area contributed by atoms with Crippen molar-refractivity contribution in [3.05, 3.63) is 0 Å². The van der Waals surface area contributed by atoms with Crippen LogP contribution in [-0.4, -0.2) is 13.1 Å². The minimum atomic E-state index is 0.611. The number of rotatable bonds is 6. The van der Waals surface area contributed by atoms with Gasteiger partial charge < -0.3 is 5.32 Å². The van der Waals surface area contributed by atoms with Crippen molar-refractivity contribution >= 4 is 0 Å². The molecule has 122 valence electrons. The van der Waals surface area contributed by atoms with E-state index in [1.54, 1.807) is 0 Å². The van der Waals surface area contributed by atoms with Crippen LogP contribution < -0.4 is 5.32 Å². The molecule has 4 aliphatic carbocycles. The number of hydrogen-bond donors (Lipinski definition) is 1. The van der Waals surface area contributed by atoms with Crippen molar-refractivity contribution in [1.82, 2.24) is 5.32 Å². The number of nitrogens with one attached hydrogen (secondary N) is 1. The summed E-state index contributed by atoms with van der Waals surface area (Å²) in [6.45, 7) is 9.97. The molecule has 1 nitrogen and oxygen atoms in total. The Kier molecular flexibility index (Phi) is 3.96. The van der Waals surface area contributed by atoms with Crippen molar-refractivity contribution < 1.29 is 0 Å². The molecule has 0 aliphatic heterocycles. The highest BCUT2D eigenvalue weighted by atomic mass is 14.9. The minimum absolute atomic E-state index is 0.611. The smallest absolute Gasteiger partial charge is 0.0124 e. The van der Waals surface area contributed by atoms with Gasteiger partial charge >= 0.3 is 0 Å². The van der Waals surface area contributed by atoms with E-state index in [1.165, 1.54) is 57.8 Å². The van der Waals surface area contributed by atoms with Gasteiger partial charge in [-0.2, -0.15) is 0 Å². The molecule has 0 aromatic heterocycles. The van der Waals surface area contributed by atoms with E-state index in [9.17, 15) is 0 Å². The van der Waals surface area contributed by atoms with Gasteiger partial charge in [-0.3, -0.25) is 0 Å². The predicted octanol–water partition coefficient (Wildman–Crippen LogP) is 5.40. The molecule has 0 heterocycles. The third-order valence-electron chi connectivity index (χ3n) is 7.48. The van der Waals surface area contributed by atoms with Crippen LogP contribution in [0.25, 0.3) is 0 Å². The Morgan fingerprint density at radius 3 is 1.95 bits per heavy atom. The molecule has 4 aliphatic rings. The summed E-state index contributed by atoms with van der Waals surface area (Å²) < 4.78 is 0. The lowest BCUT2D eigenvalue weighted by Crippen LogP contribution is -2.61. The van der Waals surface area contributed by atoms with Crippen molar-refractivity contribution in [2.75, 3.05) is 7.05 Å². The Morgan fingerprint density at radius 2 is 1.52 bits per heavy atom. The molecule has 1 heteroatoms. The first kappa shape index (κ1) is 15.8. The predicted molar refractivity (Wildman–Crippen MR) is 91.4 cm³/mol. The van der Waals surface area contributed by atoms with Crippen LogP contribution >= 0.6 is 0 Å². The van der Waals surface area contributed by atoms with E-state index in [2.05, 4.69) is 40.1 Å². The first-order chi connectivity index (χ1) is 9.86. The van der Waals surface area contributed by atoms with Crippen molar-refractivity contribution in [2.45, 2.75) is 91.5 Å². The summed E-state index contributed by atoms with van der Waals surface area (Å²) in [7, 11) is 2.23. The fraction of sp³-hybridized carbons (Fsp3) is 1.00. The van der Waals surface area contributed by atoms with Gasteiger partial charge in [0.25, 0.3) is 0 Å². The topological polar surface area (TPSA) is 12.0 Å². The quantitative estimate of drug-likeness (QED) is 0.691. The maximum atomic E-state index is 3.79. The van der Waals surface area contributed by atoms with Crippen LogP contribution in [0, 0.1) is 28.1 Å². The van der Waals surface area contributed by atoms with E-state index in [0.29, 0.717) is 16.2 Å². The summed E-state index contributed by atoms with van der Waals surface area (Å²) in [4.78, 5) is 0. The van der Waals surface area contributed by atoms with Gasteiger partial charge in [0.05, 0.1) is 0 Å². The molecule has 4 bridgehead atoms. The highest BCUT2D eigenvalue weighted by Crippen LogP contribution is 2.70. The molecule has 0 amide bonds. The Bertz CT molecular complexity index is 365. The molecule has 4 fully saturated rings. The van der Waals surface area contributed by atoms with E-state index >= 15 is 0 Å². The SMILES string of the molecule is CCC(CC)CC(NC)C12CC3CC(C)(CC(C)(C3)C1)C2. The normalized spacial score (nSPS) is 46.3. The van der Waals surface area contributed by atoms with Gasteiger partial charge in [0.2, 0.25) is 0 Å². The zero-order chi connectivity index (χ0) is 15.3. The molecule has 4 rings (SSSR count). The zero-order valence-corrected chi connectivity index (χ0v) is 15.1. The van der Waals surface area contributed by atoms with Crippen LogP contribution in [0.2, 0.25) is 0 Å². The molecule has 21 heavy (non-hydrogen) atoms. The maximum absolute atomic E-state index is 3.79. The maximum Gasteiger partial charge on any atom is 0.0124 e. The first-order valence-electron chi connectivity index (χ1n) is 9.53. The Labute approximate surface area is 132 Å². The van der Waals surface area contributed by atoms with Crippen molar-refractivity contribution in [3.63, 3.8) is 0 Å². The van der Waals surface area contributed by atoms with E-state index in [1.807, 2.05) is 0 Å². The van der Waals surface area contributed by atoms with E-state index < -0.39 is 0 Å². The Balaban J connectivity index is 1.85. The lowest BCUT2D eigenvalue weighted by molar-refractivity contribution is -0.159. The van der Waals surface area contributed by atoms with Gasteiger partial charge in [-0.15, -0.1) is 0 Å². The van der Waals surface area contributed by atoms with Gasteiger partial charge in [0, 0.05) is 6.04 Å². The van der Waals surface area contributed by atoms with Crippen LogP contribution in [-0.2, 0) is 0 Å². The fourth-order valence-corrected chi connectivity index (χ4v) is 7.55. The van der Waals surface area contributed by atoms with Crippen LogP contribution in [0.15, 0.2) is 0 Å². The summed E-state index contributed by atoms with van der Waals surface area (Å²) in [5.41, 5.74) is 1.91. The summed E-state index contributed by atoms with van der Waals surface area (Å²) in [6.07, 6.45) is 13.2. The number of hydrogen-bond acceptors (Lipinski definition) is 1. The minimum Gasteiger partial charge on any atom is -0.316 e. The van der Waals surface area contributed by atoms with Crippen LogP contribution in [0.5, 0.6) is 0 Å². The van der Waals surface area contributed by atoms with Gasteiger partial charge in [-0.1, -0.05) is 40.5 Å². The molecule has 0 spiro atoms. The lowest BCUT2D eigenvalue weighted by Gasteiger charge is -2.67. The van der Waals surface area contributed by atoms with Crippen molar-refractivity contribution in [1.29, 1.82) is 0 Å². The lowest BCUT2D eigenvalue weighted by atomic mass is 9.39. The zero-order valence-electron chi connectivity index (χ0n) is 15.1. The second-order valence-corrected chi connectivity index (χ2v) is 9.75. The highest BCUT2D eigenvalue weighted by molar-refractivity contribution is 5.13. The van der Waals surface area contributed by atoms with Gasteiger partial charge in [0.15, 0.2) is 0 Å². The van der Waals surface area contributed by atoms with Gasteiger partial charge in [-0.25, -0.2) is 0 Å². The van der Waals surface area contributed by atoms with Gasteiger partial charge in [-0.05, 0) is 80.1 Å². The van der Waals surface area contributed by atoms with E-state index in [-0.39, 0.29) is 0 Å². The monoisotopic (exact) mass is 291 g/mol. The van der Waals surface area contributed by atoms with Crippen molar-refractivity contribution in [2.24, 2.45) is 28.1 Å². The summed E-state index contributed by atoms with van der Waals surface area (Å²) >= 11 is 0. The van der Waals surface area contributed by atoms with E-state index in [0.717, 1.165) is 17.9 Å². The molecule has 3 unspecified atom stereocenters. The van der Waals surface area contributed by atoms with Crippen LogP contribution in [0.3, 0.4) is 0 Å². The average molecular weight is 292 g/mol. The standard InChI is InChI=1S/C20H37N/c1-6-15(7-2)8-17(21-5)20-11-16-9-18(3,13-20)12-19(4,10-16)14-20/h15-17,21H,6-14H2,1-5H3. The molecule has 0 aromatic carbocycles. The molecular weight excluding hydrogens is 254 g/mol. The second kappa shape index (κ2) is 5.25. The third kappa shape index (κ3) is 2.69. The first-order valence-corrected chi connectivity index (χ1v) is 9.53. The van der Waals surface area contributed by atoms with Crippen LogP contribution in [0.4, 0.5) is 0 Å². The molecule has 4 saturated carbocycles. The van der Waals surface area contributed by atoms with Gasteiger partial charge in [0.1, 0.15) is 0 Å². The fourth-order valence-electron chi connectivity index (χ4n) is 7.55. The summed E-state index contributed by atoms with van der Waals surface area (Å²) in [5.74, 6) is 1.94. The van der Waals surface area contributed by atoms with Crippen molar-refractivity contribution in [3.8, 4) is 0 Å². The van der Waals surface area contributed by atoms with Crippen LogP contribution in [0.1, 0.15) is 85.5 Å². The third-order valence-corrected chi connectivity index (χ3v) is 7.48. The molecule has 0 radical (unpaired) electrons. The Hall–Kier alpha value is -0.0400. The van der Waals surface area contributed by atoms with E-state index in [4.69, 9.17) is 0 Å². The highest BCUT2D eigenvalue weighted by Gasteiger charge is 2.61. The molecular formula is C20H37N. The second-order valence-electron chi connectivity index (χ2n) is 9.75. The average Bonchev–Trinajstić information content (AvgIpc) is 2.35.